The lowest BCUT2D eigenvalue weighted by atomic mass is 10.0. The molecule has 0 aliphatic rings. The first kappa shape index (κ1) is 20.9. The molecule has 0 aliphatic carbocycles. The van der Waals surface area contributed by atoms with E-state index in [1.54, 1.807) is 48.9 Å². The van der Waals surface area contributed by atoms with E-state index < -0.39 is 0 Å². The van der Waals surface area contributed by atoms with Crippen LogP contribution in [0.4, 0.5) is 14.5 Å². The molecule has 2 N–H and O–H groups in total. The van der Waals surface area contributed by atoms with E-state index in [0.29, 0.717) is 55.8 Å². The van der Waals surface area contributed by atoms with Gasteiger partial charge in [-0.15, -0.1) is 0 Å². The van der Waals surface area contributed by atoms with Crippen molar-refractivity contribution in [2.24, 2.45) is 0 Å². The second-order valence-corrected chi connectivity index (χ2v) is 8.40. The van der Waals surface area contributed by atoms with Crippen molar-refractivity contribution in [3.05, 3.63) is 78.8 Å². The number of H-pyrrole nitrogens is 2. The van der Waals surface area contributed by atoms with Crippen LogP contribution in [0.3, 0.4) is 0 Å². The van der Waals surface area contributed by atoms with Gasteiger partial charge in [-0.25, -0.2) is 13.8 Å². The van der Waals surface area contributed by atoms with E-state index in [2.05, 4.69) is 25.1 Å². The third kappa shape index (κ3) is 3.48. The topological polar surface area (TPSA) is 86.4 Å². The number of halogens is 2. The summed E-state index contributed by atoms with van der Waals surface area (Å²) in [6.07, 6.45) is 4.95. The van der Waals surface area contributed by atoms with Crippen LogP contribution >= 0.6 is 0 Å². The van der Waals surface area contributed by atoms with Gasteiger partial charge in [0, 0.05) is 54.6 Å². The fourth-order valence-electron chi connectivity index (χ4n) is 4.16. The number of nitrogens with one attached hydrogen (secondary N) is 2. The Balaban J connectivity index is 1.51. The van der Waals surface area contributed by atoms with Gasteiger partial charge < -0.3 is 9.88 Å². The number of benzene rings is 2. The summed E-state index contributed by atoms with van der Waals surface area (Å²) in [5, 5.41) is 7.98. The highest BCUT2D eigenvalue weighted by Gasteiger charge is 2.19. The number of aromatic nitrogens is 6. The van der Waals surface area contributed by atoms with E-state index in [4.69, 9.17) is 4.98 Å². The number of aromatic amines is 2. The predicted molar refractivity (Wildman–Crippen MR) is 132 cm³/mol. The predicted octanol–water partition coefficient (Wildman–Crippen LogP) is 5.57. The minimum absolute atomic E-state index is 0.362. The Morgan fingerprint density at radius 3 is 2.54 bits per heavy atom. The molecule has 35 heavy (non-hydrogen) atoms. The lowest BCUT2D eigenvalue weighted by Gasteiger charge is -2.13. The summed E-state index contributed by atoms with van der Waals surface area (Å²) in [5.41, 5.74) is 4.98. The number of pyridine rings is 2. The van der Waals surface area contributed by atoms with Crippen molar-refractivity contribution in [1.29, 1.82) is 0 Å². The number of imidazole rings is 1. The smallest absolute Gasteiger partial charge is 0.159 e. The molecule has 7 nitrogen and oxygen atoms in total. The molecule has 0 radical (unpaired) electrons. The molecular formula is C26H19F2N7. The number of fused-ring (bicyclic) bond motifs is 2. The van der Waals surface area contributed by atoms with Crippen molar-refractivity contribution >= 4 is 27.6 Å². The largest absolute Gasteiger partial charge is 0.376 e. The molecule has 4 heterocycles. The van der Waals surface area contributed by atoms with Crippen LogP contribution in [-0.4, -0.2) is 44.2 Å². The molecule has 0 spiro atoms. The zero-order valence-electron chi connectivity index (χ0n) is 18.8. The summed E-state index contributed by atoms with van der Waals surface area (Å²) in [6.45, 7) is 0. The van der Waals surface area contributed by atoms with Gasteiger partial charge in [0.25, 0.3) is 0 Å². The Morgan fingerprint density at radius 2 is 1.71 bits per heavy atom. The fourth-order valence-corrected chi connectivity index (χ4v) is 4.16. The minimum Gasteiger partial charge on any atom is -0.376 e. The number of nitrogens with zero attached hydrogens (tertiary/aromatic N) is 5. The van der Waals surface area contributed by atoms with Crippen molar-refractivity contribution in [1.82, 2.24) is 30.1 Å². The van der Waals surface area contributed by atoms with E-state index in [9.17, 15) is 4.39 Å². The van der Waals surface area contributed by atoms with Gasteiger partial charge >= 0.3 is 0 Å². The van der Waals surface area contributed by atoms with Crippen molar-refractivity contribution in [3.8, 4) is 33.9 Å². The van der Waals surface area contributed by atoms with Gasteiger partial charge in [-0.2, -0.15) is 5.10 Å². The van der Waals surface area contributed by atoms with E-state index in [1.165, 1.54) is 12.1 Å². The molecule has 0 bridgehead atoms. The maximum atomic E-state index is 15.0. The Kier molecular flexibility index (Phi) is 4.77. The van der Waals surface area contributed by atoms with Gasteiger partial charge in [0.1, 0.15) is 28.5 Å². The molecule has 0 saturated heterocycles. The number of hydrogen-bond acceptors (Lipinski definition) is 5. The molecule has 0 aliphatic heterocycles. The molecule has 172 valence electrons. The van der Waals surface area contributed by atoms with E-state index >= 15 is 4.39 Å². The Hall–Kier alpha value is -4.66. The van der Waals surface area contributed by atoms with Crippen LogP contribution in [0.5, 0.6) is 0 Å². The highest BCUT2D eigenvalue weighted by atomic mass is 19.1. The van der Waals surface area contributed by atoms with E-state index in [1.807, 2.05) is 25.1 Å². The Labute approximate surface area is 198 Å². The first-order valence-electron chi connectivity index (χ1n) is 10.9. The molecule has 0 unspecified atom stereocenters. The van der Waals surface area contributed by atoms with Crippen molar-refractivity contribution in [2.75, 3.05) is 19.0 Å². The average molecular weight is 467 g/mol. The Morgan fingerprint density at radius 1 is 0.857 bits per heavy atom. The summed E-state index contributed by atoms with van der Waals surface area (Å²) >= 11 is 0. The molecular weight excluding hydrogens is 448 g/mol. The van der Waals surface area contributed by atoms with Crippen LogP contribution < -0.4 is 4.90 Å². The van der Waals surface area contributed by atoms with Crippen LogP contribution in [0.2, 0.25) is 0 Å². The van der Waals surface area contributed by atoms with Gasteiger partial charge in [0.2, 0.25) is 0 Å². The van der Waals surface area contributed by atoms with Crippen molar-refractivity contribution in [3.63, 3.8) is 0 Å². The fraction of sp³-hybridized carbons (Fsp3) is 0.0769. The molecule has 4 aromatic heterocycles. The summed E-state index contributed by atoms with van der Waals surface area (Å²) in [6, 6.07) is 13.2. The molecule has 0 saturated carbocycles. The molecule has 2 aromatic carbocycles. The van der Waals surface area contributed by atoms with Crippen LogP contribution in [0.15, 0.2) is 67.1 Å². The molecule has 6 rings (SSSR count). The third-order valence-corrected chi connectivity index (χ3v) is 5.96. The zero-order valence-corrected chi connectivity index (χ0v) is 18.8. The maximum Gasteiger partial charge on any atom is 0.159 e. The van der Waals surface area contributed by atoms with Crippen LogP contribution in [0.1, 0.15) is 0 Å². The summed E-state index contributed by atoms with van der Waals surface area (Å²) in [5.74, 6) is -0.299. The molecule has 6 aromatic rings. The quantitative estimate of drug-likeness (QED) is 0.354. The number of anilines is 1. The van der Waals surface area contributed by atoms with Crippen molar-refractivity contribution < 1.29 is 8.78 Å². The molecule has 0 fully saturated rings. The molecule has 0 amide bonds. The Bertz CT molecular complexity index is 1720. The van der Waals surface area contributed by atoms with Crippen molar-refractivity contribution in [2.45, 2.75) is 0 Å². The van der Waals surface area contributed by atoms with Crippen LogP contribution in [0.25, 0.3) is 55.8 Å². The van der Waals surface area contributed by atoms with Gasteiger partial charge in [-0.05, 0) is 30.3 Å². The lowest BCUT2D eigenvalue weighted by Crippen LogP contribution is -2.08. The van der Waals surface area contributed by atoms with Gasteiger partial charge in [0.15, 0.2) is 5.82 Å². The highest BCUT2D eigenvalue weighted by Crippen LogP contribution is 2.34. The summed E-state index contributed by atoms with van der Waals surface area (Å²) in [7, 11) is 3.81. The minimum atomic E-state index is -0.388. The highest BCUT2D eigenvalue weighted by molar-refractivity contribution is 5.97. The third-order valence-electron chi connectivity index (χ3n) is 5.96. The van der Waals surface area contributed by atoms with Gasteiger partial charge in [-0.3, -0.25) is 15.1 Å². The first-order chi connectivity index (χ1) is 17.0. The second-order valence-electron chi connectivity index (χ2n) is 8.40. The zero-order chi connectivity index (χ0) is 24.1. The summed E-state index contributed by atoms with van der Waals surface area (Å²) in [4.78, 5) is 18.5. The first-order valence-corrected chi connectivity index (χ1v) is 10.9. The average Bonchev–Trinajstić information content (AvgIpc) is 3.47. The summed E-state index contributed by atoms with van der Waals surface area (Å²) < 4.78 is 29.5. The van der Waals surface area contributed by atoms with Gasteiger partial charge in [0.05, 0.1) is 22.9 Å². The lowest BCUT2D eigenvalue weighted by molar-refractivity contribution is 0.631. The van der Waals surface area contributed by atoms with E-state index in [-0.39, 0.29) is 11.6 Å². The molecule has 9 heteroatoms. The normalized spacial score (nSPS) is 11.4. The standard InChI is InChI=1S/C26H19F2N7/c1-35(2)15-9-14(12-29-13-15)17-10-18-22(11-20(17)28)33-34-24(18)26-31-21-7-8-30-23(25(21)32-26)16-5-3-4-6-19(16)27/h3-13H,1-2H3,(H,31,32)(H,33,34). The van der Waals surface area contributed by atoms with E-state index in [0.717, 1.165) is 5.69 Å². The monoisotopic (exact) mass is 467 g/mol. The van der Waals surface area contributed by atoms with Crippen LogP contribution in [-0.2, 0) is 0 Å². The second kappa shape index (κ2) is 7.98. The maximum absolute atomic E-state index is 15.0. The molecule has 0 atom stereocenters. The van der Waals surface area contributed by atoms with Crippen LogP contribution in [0, 0.1) is 11.6 Å². The SMILES string of the molecule is CN(C)c1cncc(-c2cc3c(-c4nc5c(-c6ccccc6F)nccc5[nH]4)n[nH]c3cc2F)c1. The van der Waals surface area contributed by atoms with Gasteiger partial charge in [-0.1, -0.05) is 12.1 Å². The number of hydrogen-bond donors (Lipinski definition) is 2. The number of rotatable bonds is 4.